The molecule has 1 aromatic carbocycles. The SMILES string of the molecule is CNC(C)c1ccc(N2CC=C(C(C)(C)C)CC2)c(Cl)c1. The number of hydrogen-bond donors (Lipinski definition) is 1. The van der Waals surface area contributed by atoms with Gasteiger partial charge in [0.2, 0.25) is 0 Å². The van der Waals surface area contributed by atoms with E-state index >= 15 is 0 Å². The Labute approximate surface area is 134 Å². The lowest BCUT2D eigenvalue weighted by atomic mass is 9.83. The minimum absolute atomic E-state index is 0.280. The molecule has 116 valence electrons. The smallest absolute Gasteiger partial charge is 0.0643 e. The van der Waals surface area contributed by atoms with Gasteiger partial charge >= 0.3 is 0 Å². The van der Waals surface area contributed by atoms with Crippen molar-refractivity contribution in [3.05, 3.63) is 40.4 Å². The number of nitrogens with zero attached hydrogens (tertiary/aromatic N) is 1. The van der Waals surface area contributed by atoms with E-state index in [1.807, 2.05) is 7.05 Å². The first-order valence-electron chi connectivity index (χ1n) is 7.74. The van der Waals surface area contributed by atoms with Crippen LogP contribution in [0.1, 0.15) is 45.7 Å². The van der Waals surface area contributed by atoms with Crippen LogP contribution in [0.4, 0.5) is 5.69 Å². The molecule has 1 atom stereocenters. The van der Waals surface area contributed by atoms with Gasteiger partial charge in [-0.15, -0.1) is 0 Å². The second-order valence-electron chi connectivity index (χ2n) is 6.90. The molecule has 0 aliphatic carbocycles. The van der Waals surface area contributed by atoms with Crippen molar-refractivity contribution in [2.45, 2.75) is 40.2 Å². The number of halogens is 1. The molecule has 1 heterocycles. The van der Waals surface area contributed by atoms with Crippen molar-refractivity contribution in [2.24, 2.45) is 5.41 Å². The fourth-order valence-electron chi connectivity index (χ4n) is 2.78. The van der Waals surface area contributed by atoms with Crippen molar-refractivity contribution in [3.63, 3.8) is 0 Å². The summed E-state index contributed by atoms with van der Waals surface area (Å²) in [5.41, 5.74) is 4.21. The maximum absolute atomic E-state index is 6.50. The Kier molecular flexibility index (Phi) is 5.00. The lowest BCUT2D eigenvalue weighted by Crippen LogP contribution is -2.31. The third-order valence-electron chi connectivity index (χ3n) is 4.42. The Morgan fingerprint density at radius 2 is 2.00 bits per heavy atom. The summed E-state index contributed by atoms with van der Waals surface area (Å²) in [6.07, 6.45) is 3.48. The molecule has 0 amide bonds. The van der Waals surface area contributed by atoms with Crippen LogP contribution in [0, 0.1) is 5.41 Å². The van der Waals surface area contributed by atoms with Crippen molar-refractivity contribution in [2.75, 3.05) is 25.0 Å². The van der Waals surface area contributed by atoms with Gasteiger partial charge < -0.3 is 10.2 Å². The van der Waals surface area contributed by atoms with Crippen molar-refractivity contribution in [1.29, 1.82) is 0 Å². The van der Waals surface area contributed by atoms with E-state index in [1.54, 1.807) is 5.57 Å². The van der Waals surface area contributed by atoms with Crippen molar-refractivity contribution < 1.29 is 0 Å². The van der Waals surface area contributed by atoms with Gasteiger partial charge in [-0.05, 0) is 43.5 Å². The second kappa shape index (κ2) is 6.41. The van der Waals surface area contributed by atoms with Crippen LogP contribution in [0.3, 0.4) is 0 Å². The molecule has 0 spiro atoms. The molecule has 0 bridgehead atoms. The first-order valence-corrected chi connectivity index (χ1v) is 8.12. The minimum atomic E-state index is 0.280. The van der Waals surface area contributed by atoms with Crippen molar-refractivity contribution in [1.82, 2.24) is 5.32 Å². The molecule has 0 saturated carbocycles. The van der Waals surface area contributed by atoms with E-state index in [4.69, 9.17) is 11.6 Å². The summed E-state index contributed by atoms with van der Waals surface area (Å²) in [5.74, 6) is 0. The Hall–Kier alpha value is -0.990. The molecule has 0 radical (unpaired) electrons. The fraction of sp³-hybridized carbons (Fsp3) is 0.556. The normalized spacial score (nSPS) is 17.6. The van der Waals surface area contributed by atoms with E-state index in [0.717, 1.165) is 30.2 Å². The van der Waals surface area contributed by atoms with Gasteiger partial charge in [-0.3, -0.25) is 0 Å². The molecule has 2 rings (SSSR count). The second-order valence-corrected chi connectivity index (χ2v) is 7.30. The lowest BCUT2D eigenvalue weighted by Gasteiger charge is -2.34. The van der Waals surface area contributed by atoms with Crippen LogP contribution in [0.2, 0.25) is 5.02 Å². The van der Waals surface area contributed by atoms with E-state index in [-0.39, 0.29) is 5.41 Å². The van der Waals surface area contributed by atoms with Crippen molar-refractivity contribution >= 4 is 17.3 Å². The summed E-state index contributed by atoms with van der Waals surface area (Å²) in [6.45, 7) is 11.0. The zero-order chi connectivity index (χ0) is 15.6. The summed E-state index contributed by atoms with van der Waals surface area (Å²) >= 11 is 6.50. The summed E-state index contributed by atoms with van der Waals surface area (Å²) in [5, 5.41) is 4.10. The average molecular weight is 307 g/mol. The van der Waals surface area contributed by atoms with Gasteiger partial charge in [-0.2, -0.15) is 0 Å². The predicted octanol–water partition coefficient (Wildman–Crippen LogP) is 4.80. The Bertz CT molecular complexity index is 529. The molecule has 3 heteroatoms. The van der Waals surface area contributed by atoms with Crippen LogP contribution in [-0.2, 0) is 0 Å². The number of nitrogens with one attached hydrogen (secondary N) is 1. The summed E-state index contributed by atoms with van der Waals surface area (Å²) in [7, 11) is 1.97. The Morgan fingerprint density at radius 3 is 2.48 bits per heavy atom. The third-order valence-corrected chi connectivity index (χ3v) is 4.72. The van der Waals surface area contributed by atoms with E-state index in [1.165, 1.54) is 5.56 Å². The Balaban J connectivity index is 2.16. The number of anilines is 1. The highest BCUT2D eigenvalue weighted by Crippen LogP contribution is 2.34. The van der Waals surface area contributed by atoms with Gasteiger partial charge in [-0.25, -0.2) is 0 Å². The Morgan fingerprint density at radius 1 is 1.29 bits per heavy atom. The largest absolute Gasteiger partial charge is 0.366 e. The third kappa shape index (κ3) is 3.81. The molecule has 0 fully saturated rings. The zero-order valence-electron chi connectivity index (χ0n) is 13.8. The van der Waals surface area contributed by atoms with Crippen LogP contribution in [0.25, 0.3) is 0 Å². The maximum atomic E-state index is 6.50. The van der Waals surface area contributed by atoms with Crippen LogP contribution in [0.15, 0.2) is 29.8 Å². The van der Waals surface area contributed by atoms with Gasteiger partial charge in [0.05, 0.1) is 10.7 Å². The zero-order valence-corrected chi connectivity index (χ0v) is 14.6. The molecule has 0 saturated heterocycles. The number of rotatable bonds is 3. The molecular weight excluding hydrogens is 280 g/mol. The summed E-state index contributed by atoms with van der Waals surface area (Å²) < 4.78 is 0. The van der Waals surface area contributed by atoms with E-state index < -0.39 is 0 Å². The molecule has 1 N–H and O–H groups in total. The molecular formula is C18H27ClN2. The highest BCUT2D eigenvalue weighted by molar-refractivity contribution is 6.33. The van der Waals surface area contributed by atoms with Crippen LogP contribution in [0.5, 0.6) is 0 Å². The van der Waals surface area contributed by atoms with Crippen LogP contribution < -0.4 is 10.2 Å². The van der Waals surface area contributed by atoms with Gasteiger partial charge in [0.15, 0.2) is 0 Å². The number of hydrogen-bond acceptors (Lipinski definition) is 2. The fourth-order valence-corrected chi connectivity index (χ4v) is 3.09. The molecule has 21 heavy (non-hydrogen) atoms. The highest BCUT2D eigenvalue weighted by atomic mass is 35.5. The average Bonchev–Trinajstić information content (AvgIpc) is 2.45. The van der Waals surface area contributed by atoms with Crippen LogP contribution >= 0.6 is 11.6 Å². The highest BCUT2D eigenvalue weighted by Gasteiger charge is 2.22. The first kappa shape index (κ1) is 16.4. The van der Waals surface area contributed by atoms with Gasteiger partial charge in [0.25, 0.3) is 0 Å². The molecule has 1 aliphatic rings. The number of benzene rings is 1. The van der Waals surface area contributed by atoms with Crippen LogP contribution in [-0.4, -0.2) is 20.1 Å². The van der Waals surface area contributed by atoms with Gasteiger partial charge in [0, 0.05) is 19.1 Å². The van der Waals surface area contributed by atoms with Gasteiger partial charge in [-0.1, -0.05) is 50.1 Å². The lowest BCUT2D eigenvalue weighted by molar-refractivity contribution is 0.472. The minimum Gasteiger partial charge on any atom is -0.366 e. The quantitative estimate of drug-likeness (QED) is 0.807. The molecule has 0 aromatic heterocycles. The predicted molar refractivity (Wildman–Crippen MR) is 93.3 cm³/mol. The molecule has 1 unspecified atom stereocenters. The monoisotopic (exact) mass is 306 g/mol. The molecule has 2 nitrogen and oxygen atoms in total. The van der Waals surface area contributed by atoms with Crippen molar-refractivity contribution in [3.8, 4) is 0 Å². The summed E-state index contributed by atoms with van der Waals surface area (Å²) in [4.78, 5) is 2.37. The first-order chi connectivity index (χ1) is 9.82. The van der Waals surface area contributed by atoms with E-state index in [0.29, 0.717) is 6.04 Å². The van der Waals surface area contributed by atoms with E-state index in [2.05, 4.69) is 62.2 Å². The molecule has 1 aliphatic heterocycles. The summed E-state index contributed by atoms with van der Waals surface area (Å²) in [6, 6.07) is 6.73. The topological polar surface area (TPSA) is 15.3 Å². The van der Waals surface area contributed by atoms with E-state index in [9.17, 15) is 0 Å². The standard InChI is InChI=1S/C18H27ClN2/c1-13(20-5)14-6-7-17(16(19)12-14)21-10-8-15(9-11-21)18(2,3)4/h6-8,12-13,20H,9-11H2,1-5H3. The maximum Gasteiger partial charge on any atom is 0.0643 e. The van der Waals surface area contributed by atoms with Gasteiger partial charge in [0.1, 0.15) is 0 Å². The molecule has 1 aromatic rings.